The van der Waals surface area contributed by atoms with E-state index in [0.29, 0.717) is 22.2 Å². The summed E-state index contributed by atoms with van der Waals surface area (Å²) >= 11 is 1.51. The molecular formula is C18H11NO3S. The van der Waals surface area contributed by atoms with E-state index in [1.807, 2.05) is 36.4 Å². The summed E-state index contributed by atoms with van der Waals surface area (Å²) in [5.74, 6) is -1.27. The zero-order chi connectivity index (χ0) is 16.0. The monoisotopic (exact) mass is 321 g/mol. The molecule has 0 aliphatic carbocycles. The van der Waals surface area contributed by atoms with E-state index in [-0.39, 0.29) is 0 Å². The summed E-state index contributed by atoms with van der Waals surface area (Å²) in [5.41, 5.74) is 7.39. The van der Waals surface area contributed by atoms with Crippen LogP contribution in [0, 0.1) is 0 Å². The minimum Gasteiger partial charge on any atom is -0.398 e. The van der Waals surface area contributed by atoms with Crippen LogP contribution in [0.5, 0.6) is 0 Å². The molecule has 0 amide bonds. The molecule has 0 aromatic heterocycles. The topological polar surface area (TPSA) is 69.4 Å². The van der Waals surface area contributed by atoms with Gasteiger partial charge in [0, 0.05) is 20.9 Å². The van der Waals surface area contributed by atoms with Gasteiger partial charge >= 0.3 is 11.9 Å². The van der Waals surface area contributed by atoms with E-state index in [2.05, 4.69) is 0 Å². The number of rotatable bonds is 2. The van der Waals surface area contributed by atoms with Gasteiger partial charge in [0.15, 0.2) is 0 Å². The number of esters is 2. The van der Waals surface area contributed by atoms with Crippen molar-refractivity contribution in [3.05, 3.63) is 65.7 Å². The number of nitrogens with two attached hydrogens (primary N) is 1. The lowest BCUT2D eigenvalue weighted by molar-refractivity contribution is 0.0391. The normalized spacial score (nSPS) is 13.2. The van der Waals surface area contributed by atoms with Crippen LogP contribution in [0.25, 0.3) is 10.8 Å². The van der Waals surface area contributed by atoms with Crippen molar-refractivity contribution >= 4 is 40.2 Å². The lowest BCUT2D eigenvalue weighted by Gasteiger charge is -2.18. The molecule has 0 unspecified atom stereocenters. The number of nitrogen functional groups attached to an aromatic ring is 1. The van der Waals surface area contributed by atoms with Crippen molar-refractivity contribution in [2.24, 2.45) is 0 Å². The second-order valence-electron chi connectivity index (χ2n) is 5.16. The van der Waals surface area contributed by atoms with Crippen molar-refractivity contribution in [2.75, 3.05) is 5.73 Å². The van der Waals surface area contributed by atoms with E-state index in [1.54, 1.807) is 18.2 Å². The number of hydrogen-bond acceptors (Lipinski definition) is 5. The van der Waals surface area contributed by atoms with Gasteiger partial charge in [-0.15, -0.1) is 0 Å². The van der Waals surface area contributed by atoms with Crippen molar-refractivity contribution in [3.8, 4) is 0 Å². The molecule has 1 aliphatic heterocycles. The maximum Gasteiger partial charge on any atom is 0.346 e. The number of anilines is 1. The fourth-order valence-corrected chi connectivity index (χ4v) is 3.71. The number of carbonyl (C=O) groups is 2. The van der Waals surface area contributed by atoms with Crippen molar-refractivity contribution in [3.63, 3.8) is 0 Å². The van der Waals surface area contributed by atoms with Gasteiger partial charge in [-0.3, -0.25) is 0 Å². The molecule has 3 aromatic rings. The lowest BCUT2D eigenvalue weighted by Crippen LogP contribution is -2.20. The van der Waals surface area contributed by atoms with Crippen molar-refractivity contribution < 1.29 is 14.3 Å². The third-order valence-corrected chi connectivity index (χ3v) is 4.90. The molecule has 112 valence electrons. The van der Waals surface area contributed by atoms with Crippen LogP contribution in [0.15, 0.2) is 64.4 Å². The first kappa shape index (κ1) is 13.8. The van der Waals surface area contributed by atoms with E-state index in [9.17, 15) is 9.59 Å². The number of ether oxygens (including phenoxy) is 1. The van der Waals surface area contributed by atoms with Crippen LogP contribution in [0.3, 0.4) is 0 Å². The second-order valence-corrected chi connectivity index (χ2v) is 6.25. The van der Waals surface area contributed by atoms with Gasteiger partial charge in [0.25, 0.3) is 0 Å². The minimum atomic E-state index is -0.651. The molecule has 0 fully saturated rings. The molecule has 2 N–H and O–H groups in total. The summed E-state index contributed by atoms with van der Waals surface area (Å²) in [7, 11) is 0. The van der Waals surface area contributed by atoms with Gasteiger partial charge in [0.2, 0.25) is 0 Å². The molecule has 1 aliphatic rings. The largest absolute Gasteiger partial charge is 0.398 e. The van der Waals surface area contributed by atoms with Gasteiger partial charge in [-0.25, -0.2) is 9.59 Å². The molecular weight excluding hydrogens is 310 g/mol. The molecule has 1 heterocycles. The Morgan fingerprint density at radius 3 is 2.39 bits per heavy atom. The first-order chi connectivity index (χ1) is 11.1. The quantitative estimate of drug-likeness (QED) is 0.440. The smallest absolute Gasteiger partial charge is 0.346 e. The number of carbonyl (C=O) groups excluding carboxylic acids is 2. The highest BCUT2D eigenvalue weighted by Crippen LogP contribution is 2.41. The van der Waals surface area contributed by atoms with E-state index < -0.39 is 11.9 Å². The van der Waals surface area contributed by atoms with Crippen molar-refractivity contribution in [1.29, 1.82) is 0 Å². The third kappa shape index (κ3) is 2.17. The van der Waals surface area contributed by atoms with E-state index in [4.69, 9.17) is 10.5 Å². The van der Waals surface area contributed by atoms with Gasteiger partial charge in [0.05, 0.1) is 11.1 Å². The molecule has 4 nitrogen and oxygen atoms in total. The highest BCUT2D eigenvalue weighted by Gasteiger charge is 2.29. The van der Waals surface area contributed by atoms with Crippen LogP contribution in [0.2, 0.25) is 0 Å². The van der Waals surface area contributed by atoms with Gasteiger partial charge in [0.1, 0.15) is 0 Å². The zero-order valence-corrected chi connectivity index (χ0v) is 12.7. The Bertz CT molecular complexity index is 967. The lowest BCUT2D eigenvalue weighted by atomic mass is 9.96. The standard InChI is InChI=1S/C18H11NO3S/c19-14-9-13-15-11(16(14)23-10-5-2-1-3-6-10)7-4-8-12(15)17(20)22-18(13)21/h1-9H,19H2. The molecule has 3 aromatic carbocycles. The molecule has 0 spiro atoms. The van der Waals surface area contributed by atoms with Crippen molar-refractivity contribution in [1.82, 2.24) is 0 Å². The predicted molar refractivity (Wildman–Crippen MR) is 88.7 cm³/mol. The molecule has 23 heavy (non-hydrogen) atoms. The van der Waals surface area contributed by atoms with Crippen LogP contribution in [-0.4, -0.2) is 11.9 Å². The number of cyclic esters (lactones) is 2. The number of benzene rings is 3. The van der Waals surface area contributed by atoms with Gasteiger partial charge < -0.3 is 10.5 Å². The summed E-state index contributed by atoms with van der Waals surface area (Å²) in [5, 5.41) is 1.40. The Balaban J connectivity index is 2.01. The first-order valence-corrected chi connectivity index (χ1v) is 7.81. The summed E-state index contributed by atoms with van der Waals surface area (Å²) in [6, 6.07) is 16.7. The first-order valence-electron chi connectivity index (χ1n) is 7.00. The second kappa shape index (κ2) is 5.14. The Hall–Kier alpha value is -2.79. The Morgan fingerprint density at radius 1 is 0.870 bits per heavy atom. The fraction of sp³-hybridized carbons (Fsp3) is 0. The summed E-state index contributed by atoms with van der Waals surface area (Å²) in [4.78, 5) is 25.8. The van der Waals surface area contributed by atoms with Crippen LogP contribution >= 0.6 is 11.8 Å². The average Bonchev–Trinajstić information content (AvgIpc) is 2.56. The van der Waals surface area contributed by atoms with E-state index >= 15 is 0 Å². The van der Waals surface area contributed by atoms with Crippen LogP contribution in [0.4, 0.5) is 5.69 Å². The van der Waals surface area contributed by atoms with Crippen LogP contribution < -0.4 is 5.73 Å². The van der Waals surface area contributed by atoms with Gasteiger partial charge in [-0.05, 0) is 29.7 Å². The average molecular weight is 321 g/mol. The molecule has 0 radical (unpaired) electrons. The molecule has 5 heteroatoms. The molecule has 0 bridgehead atoms. The molecule has 4 rings (SSSR count). The highest BCUT2D eigenvalue weighted by molar-refractivity contribution is 7.99. The van der Waals surface area contributed by atoms with Gasteiger partial charge in [-0.2, -0.15) is 0 Å². The predicted octanol–water partition coefficient (Wildman–Crippen LogP) is 3.88. The molecule has 0 saturated heterocycles. The summed E-state index contributed by atoms with van der Waals surface area (Å²) in [6.45, 7) is 0. The molecule has 0 atom stereocenters. The molecule has 0 saturated carbocycles. The Labute approximate surface area is 136 Å². The zero-order valence-electron chi connectivity index (χ0n) is 11.9. The Kier molecular flexibility index (Phi) is 3.09. The van der Waals surface area contributed by atoms with E-state index in [1.165, 1.54) is 11.8 Å². The van der Waals surface area contributed by atoms with Gasteiger partial charge in [-0.1, -0.05) is 42.1 Å². The van der Waals surface area contributed by atoms with Crippen molar-refractivity contribution in [2.45, 2.75) is 9.79 Å². The summed E-state index contributed by atoms with van der Waals surface area (Å²) < 4.78 is 4.78. The summed E-state index contributed by atoms with van der Waals surface area (Å²) in [6.07, 6.45) is 0. The van der Waals surface area contributed by atoms with E-state index in [0.717, 1.165) is 15.2 Å². The highest BCUT2D eigenvalue weighted by atomic mass is 32.2. The SMILES string of the molecule is Nc1cc2c3c(cccc3c1Sc1ccccc1)C(=O)OC2=O. The Morgan fingerprint density at radius 2 is 1.61 bits per heavy atom. The number of hydrogen-bond donors (Lipinski definition) is 1. The maximum atomic E-state index is 12.0. The fourth-order valence-electron chi connectivity index (χ4n) is 2.73. The minimum absolute atomic E-state index is 0.338. The van der Waals surface area contributed by atoms with Crippen LogP contribution in [-0.2, 0) is 4.74 Å². The maximum absolute atomic E-state index is 12.0. The van der Waals surface area contributed by atoms with Crippen LogP contribution in [0.1, 0.15) is 20.7 Å². The third-order valence-electron chi connectivity index (χ3n) is 3.73.